The van der Waals surface area contributed by atoms with Crippen LogP contribution < -0.4 is 23.7 Å². The zero-order chi connectivity index (χ0) is 23.2. The Morgan fingerprint density at radius 1 is 1.00 bits per heavy atom. The van der Waals surface area contributed by atoms with Crippen molar-refractivity contribution in [2.45, 2.75) is 5.38 Å². The van der Waals surface area contributed by atoms with E-state index in [0.717, 1.165) is 5.41 Å². The number of sulfonamides is 1. The third-order valence-corrected chi connectivity index (χ3v) is 5.58. The molecule has 0 amide bonds. The van der Waals surface area contributed by atoms with Crippen LogP contribution >= 0.6 is 11.6 Å². The molecule has 1 unspecified atom stereocenters. The van der Waals surface area contributed by atoms with Gasteiger partial charge in [-0.25, -0.2) is 8.42 Å². The van der Waals surface area contributed by atoms with Gasteiger partial charge in [-0.3, -0.25) is 9.52 Å². The Labute approximate surface area is 185 Å². The Morgan fingerprint density at radius 3 is 2.06 bits per heavy atom. The summed E-state index contributed by atoms with van der Waals surface area (Å²) in [6.07, 6.45) is 1.31. The number of aliphatic carboxylic acids is 1. The van der Waals surface area contributed by atoms with E-state index in [2.05, 4.69) is 4.72 Å². The molecule has 9 nitrogen and oxygen atoms in total. The minimum atomic E-state index is -3.98. The number of carbonyl (C=O) groups is 1. The number of ether oxygens (including phenoxy) is 4. The summed E-state index contributed by atoms with van der Waals surface area (Å²) < 4.78 is 48.4. The highest BCUT2D eigenvalue weighted by molar-refractivity contribution is 7.95. The van der Waals surface area contributed by atoms with E-state index >= 15 is 0 Å². The quantitative estimate of drug-likeness (QED) is 0.505. The van der Waals surface area contributed by atoms with Crippen molar-refractivity contribution in [2.24, 2.45) is 0 Å². The van der Waals surface area contributed by atoms with Gasteiger partial charge in [-0.2, -0.15) is 0 Å². The Balaban J connectivity index is 2.37. The van der Waals surface area contributed by atoms with Crippen molar-refractivity contribution >= 4 is 39.4 Å². The molecule has 0 spiro atoms. The Kier molecular flexibility index (Phi) is 8.01. The molecule has 2 aromatic carbocycles. The third kappa shape index (κ3) is 5.96. The monoisotopic (exact) mass is 471 g/mol. The van der Waals surface area contributed by atoms with Crippen molar-refractivity contribution in [3.05, 3.63) is 46.9 Å². The topological polar surface area (TPSA) is 120 Å². The van der Waals surface area contributed by atoms with Crippen molar-refractivity contribution in [2.75, 3.05) is 33.2 Å². The maximum atomic E-state index is 12.6. The predicted molar refractivity (Wildman–Crippen MR) is 117 cm³/mol. The van der Waals surface area contributed by atoms with E-state index in [1.165, 1.54) is 52.7 Å². The molecule has 2 rings (SSSR count). The summed E-state index contributed by atoms with van der Waals surface area (Å²) in [6.45, 7) is 0. The molecule has 11 heteroatoms. The maximum Gasteiger partial charge on any atom is 0.326 e. The molecule has 2 N–H and O–H groups in total. The summed E-state index contributed by atoms with van der Waals surface area (Å²) in [4.78, 5) is 11.2. The van der Waals surface area contributed by atoms with Crippen LogP contribution in [-0.4, -0.2) is 47.9 Å². The number of anilines is 1. The van der Waals surface area contributed by atoms with E-state index in [4.69, 9.17) is 35.7 Å². The zero-order valence-corrected chi connectivity index (χ0v) is 18.8. The molecule has 0 heterocycles. The number of methoxy groups -OCH3 is 4. The standard InChI is InChI=1S/C20H22ClNO8S/c1-27-13-10-17(29-3)14(18(11-13)30-4)7-8-31(25,26)22-12-5-6-16(28-2)15(9-12)19(21)20(23)24/h5-11,19,22H,1-4H3,(H,23,24). The van der Waals surface area contributed by atoms with Crippen LogP contribution in [-0.2, 0) is 14.8 Å². The largest absolute Gasteiger partial charge is 0.496 e. The minimum absolute atomic E-state index is 0.110. The van der Waals surface area contributed by atoms with Crippen LogP contribution in [0.2, 0.25) is 0 Å². The molecule has 0 aliphatic heterocycles. The van der Waals surface area contributed by atoms with Gasteiger partial charge < -0.3 is 24.1 Å². The minimum Gasteiger partial charge on any atom is -0.496 e. The van der Waals surface area contributed by atoms with Crippen LogP contribution in [0.3, 0.4) is 0 Å². The lowest BCUT2D eigenvalue weighted by atomic mass is 10.1. The first-order chi connectivity index (χ1) is 14.6. The molecule has 0 fully saturated rings. The summed E-state index contributed by atoms with van der Waals surface area (Å²) >= 11 is 5.89. The second-order valence-electron chi connectivity index (χ2n) is 6.05. The van der Waals surface area contributed by atoms with Gasteiger partial charge in [0.1, 0.15) is 23.0 Å². The van der Waals surface area contributed by atoms with Gasteiger partial charge in [-0.15, -0.1) is 11.6 Å². The second kappa shape index (κ2) is 10.3. The first-order valence-electron chi connectivity index (χ1n) is 8.71. The number of nitrogens with one attached hydrogen (secondary N) is 1. The SMILES string of the molecule is COc1cc(OC)c(C=CS(=O)(=O)Nc2ccc(OC)c(C(Cl)C(=O)O)c2)c(OC)c1. The fourth-order valence-corrected chi connectivity index (χ4v) is 3.69. The van der Waals surface area contributed by atoms with Crippen molar-refractivity contribution in [3.63, 3.8) is 0 Å². The molecule has 1 atom stereocenters. The molecular weight excluding hydrogens is 450 g/mol. The van der Waals surface area contributed by atoms with E-state index < -0.39 is 21.4 Å². The lowest BCUT2D eigenvalue weighted by Crippen LogP contribution is -2.11. The van der Waals surface area contributed by atoms with Crippen LogP contribution in [0.4, 0.5) is 5.69 Å². The molecule has 0 aliphatic rings. The Bertz CT molecular complexity index is 1060. The smallest absolute Gasteiger partial charge is 0.326 e. The summed E-state index contributed by atoms with van der Waals surface area (Å²) in [5.41, 5.74) is 0.610. The number of halogens is 1. The van der Waals surface area contributed by atoms with Crippen LogP contribution in [0, 0.1) is 0 Å². The molecule has 0 saturated carbocycles. The van der Waals surface area contributed by atoms with E-state index in [0.29, 0.717) is 22.8 Å². The third-order valence-electron chi connectivity index (χ3n) is 4.15. The number of hydrogen-bond donors (Lipinski definition) is 2. The highest BCUT2D eigenvalue weighted by Gasteiger charge is 2.22. The summed E-state index contributed by atoms with van der Waals surface area (Å²) in [5.74, 6) is 0.0977. The lowest BCUT2D eigenvalue weighted by molar-refractivity contribution is -0.136. The van der Waals surface area contributed by atoms with Crippen LogP contribution in [0.25, 0.3) is 6.08 Å². The van der Waals surface area contributed by atoms with Crippen LogP contribution in [0.1, 0.15) is 16.5 Å². The number of hydrogen-bond acceptors (Lipinski definition) is 7. The fourth-order valence-electron chi connectivity index (χ4n) is 2.68. The average Bonchev–Trinajstić information content (AvgIpc) is 2.75. The van der Waals surface area contributed by atoms with Crippen molar-refractivity contribution in [1.29, 1.82) is 0 Å². The Morgan fingerprint density at radius 2 is 1.58 bits per heavy atom. The van der Waals surface area contributed by atoms with Gasteiger partial charge >= 0.3 is 5.97 Å². The molecule has 0 aliphatic carbocycles. The highest BCUT2D eigenvalue weighted by Crippen LogP contribution is 2.36. The summed E-state index contributed by atoms with van der Waals surface area (Å²) in [6, 6.07) is 7.32. The average molecular weight is 472 g/mol. The Hall–Kier alpha value is -3.11. The van der Waals surface area contributed by atoms with Crippen molar-refractivity contribution < 1.29 is 37.3 Å². The van der Waals surface area contributed by atoms with Crippen LogP contribution in [0.15, 0.2) is 35.7 Å². The molecule has 0 saturated heterocycles. The van der Waals surface area contributed by atoms with Gasteiger partial charge in [-0.05, 0) is 24.3 Å². The number of alkyl halides is 1. The number of carboxylic acid groups (broad SMARTS) is 1. The first kappa shape index (κ1) is 24.2. The first-order valence-corrected chi connectivity index (χ1v) is 10.7. The summed E-state index contributed by atoms with van der Waals surface area (Å²) in [5, 5.41) is 8.67. The number of carboxylic acids is 1. The van der Waals surface area contributed by atoms with Crippen molar-refractivity contribution in [3.8, 4) is 23.0 Å². The second-order valence-corrected chi connectivity index (χ2v) is 8.06. The molecule has 0 bridgehead atoms. The molecule has 31 heavy (non-hydrogen) atoms. The van der Waals surface area contributed by atoms with E-state index in [1.54, 1.807) is 12.1 Å². The van der Waals surface area contributed by atoms with E-state index in [-0.39, 0.29) is 17.0 Å². The fraction of sp³-hybridized carbons (Fsp3) is 0.250. The molecule has 0 aromatic heterocycles. The van der Waals surface area contributed by atoms with E-state index in [9.17, 15) is 13.2 Å². The van der Waals surface area contributed by atoms with Crippen molar-refractivity contribution in [1.82, 2.24) is 0 Å². The van der Waals surface area contributed by atoms with Gasteiger partial charge in [-0.1, -0.05) is 0 Å². The van der Waals surface area contributed by atoms with E-state index in [1.807, 2.05) is 0 Å². The lowest BCUT2D eigenvalue weighted by Gasteiger charge is -2.14. The van der Waals surface area contributed by atoms with Gasteiger partial charge in [0.05, 0.1) is 39.4 Å². The van der Waals surface area contributed by atoms with Gasteiger partial charge in [0, 0.05) is 23.4 Å². The number of benzene rings is 2. The normalized spacial score (nSPS) is 12.3. The summed E-state index contributed by atoms with van der Waals surface area (Å²) in [7, 11) is 1.72. The highest BCUT2D eigenvalue weighted by atomic mass is 35.5. The maximum absolute atomic E-state index is 12.6. The zero-order valence-electron chi connectivity index (χ0n) is 17.2. The molecular formula is C20H22ClNO8S. The van der Waals surface area contributed by atoms with Gasteiger partial charge in [0.2, 0.25) is 0 Å². The molecule has 0 radical (unpaired) electrons. The van der Waals surface area contributed by atoms with Gasteiger partial charge in [0.15, 0.2) is 5.38 Å². The molecule has 2 aromatic rings. The molecule has 168 valence electrons. The predicted octanol–water partition coefficient (Wildman–Crippen LogP) is 3.50. The van der Waals surface area contributed by atoms with Gasteiger partial charge in [0.25, 0.3) is 10.0 Å². The van der Waals surface area contributed by atoms with Crippen LogP contribution in [0.5, 0.6) is 23.0 Å². The number of rotatable bonds is 10.